The smallest absolute Gasteiger partial charge is 0.161 e. The summed E-state index contributed by atoms with van der Waals surface area (Å²) in [5, 5.41) is 37.2. The molecular weight excluding hydrogens is 620 g/mol. The first-order valence-corrected chi connectivity index (χ1v) is 17.1. The van der Waals surface area contributed by atoms with Crippen LogP contribution < -0.4 is 18.9 Å². The zero-order valence-corrected chi connectivity index (χ0v) is 28.8. The summed E-state index contributed by atoms with van der Waals surface area (Å²) in [4.78, 5) is 0. The van der Waals surface area contributed by atoms with Crippen LogP contribution in [0.4, 0.5) is 0 Å². The van der Waals surface area contributed by atoms with Gasteiger partial charge in [0.25, 0.3) is 0 Å². The molecule has 268 valence electrons. The van der Waals surface area contributed by atoms with E-state index in [1.54, 1.807) is 24.3 Å². The van der Waals surface area contributed by atoms with Crippen molar-refractivity contribution in [3.63, 3.8) is 0 Å². The lowest BCUT2D eigenvalue weighted by atomic mass is 10.0. The van der Waals surface area contributed by atoms with Gasteiger partial charge in [0, 0.05) is 0 Å². The normalized spacial score (nSPS) is 10.4. The maximum Gasteiger partial charge on any atom is 0.161 e. The van der Waals surface area contributed by atoms with E-state index in [9.17, 15) is 20.4 Å². The fourth-order valence-electron chi connectivity index (χ4n) is 5.27. The molecule has 0 aliphatic rings. The number of phenols is 4. The summed E-state index contributed by atoms with van der Waals surface area (Å²) < 4.78 is 22.7. The van der Waals surface area contributed by atoms with Crippen LogP contribution in [0.25, 0.3) is 0 Å². The van der Waals surface area contributed by atoms with Crippen molar-refractivity contribution in [2.24, 2.45) is 0 Å². The maximum atomic E-state index is 9.39. The molecule has 0 fully saturated rings. The van der Waals surface area contributed by atoms with Crippen LogP contribution in [-0.2, 0) is 25.7 Å². The van der Waals surface area contributed by atoms with Crippen LogP contribution in [-0.4, -0.2) is 46.9 Å². The van der Waals surface area contributed by atoms with Gasteiger partial charge in [0.1, 0.15) is 0 Å². The first-order chi connectivity index (χ1) is 23.3. The third-order valence-electron chi connectivity index (χ3n) is 7.66. The second kappa shape index (κ2) is 22.0. The molecule has 49 heavy (non-hydrogen) atoms. The van der Waals surface area contributed by atoms with Crippen molar-refractivity contribution >= 4 is 0 Å². The molecule has 4 rings (SSSR count). The van der Waals surface area contributed by atoms with Crippen LogP contribution in [0.5, 0.6) is 46.0 Å². The first kappa shape index (κ1) is 40.5. The van der Waals surface area contributed by atoms with Gasteiger partial charge in [-0.15, -0.1) is 0 Å². The Bertz CT molecular complexity index is 1420. The molecule has 0 saturated heterocycles. The summed E-state index contributed by atoms with van der Waals surface area (Å²) in [7, 11) is 0. The number of benzene rings is 4. The Labute approximate surface area is 292 Å². The van der Waals surface area contributed by atoms with Gasteiger partial charge >= 0.3 is 0 Å². The van der Waals surface area contributed by atoms with E-state index in [0.29, 0.717) is 26.4 Å². The number of rotatable bonds is 18. The summed E-state index contributed by atoms with van der Waals surface area (Å²) >= 11 is 0. The zero-order valence-electron chi connectivity index (χ0n) is 28.8. The van der Waals surface area contributed by atoms with Crippen LogP contribution in [0, 0.1) is 0 Å². The van der Waals surface area contributed by atoms with Crippen molar-refractivity contribution < 1.29 is 39.4 Å². The number of phenolic OH excluding ortho intramolecular Hbond substituents is 4. The molecule has 0 aromatic heterocycles. The van der Waals surface area contributed by atoms with Gasteiger partial charge in [-0.2, -0.15) is 0 Å². The molecule has 0 unspecified atom stereocenters. The number of hydrogen-bond acceptors (Lipinski definition) is 8. The lowest BCUT2D eigenvalue weighted by Crippen LogP contribution is -2.00. The standard InChI is InChI=1S/C24H34O4.C16H18O4.CH4/c1-5-25-21-15-13-19(17-23(21)27-7-3)11-9-10-12-20-14-16-22(26-6-2)24(18-20)28-8-4;17-13-7-5-11(9-15(13)19)3-1-2-4-12-6-8-14(18)16(20)10-12;/h13-18H,5-12H2,1-4H3;5-10,17-20H,1-4H2;1H4. The molecule has 4 aromatic rings. The Morgan fingerprint density at radius 1 is 0.367 bits per heavy atom. The fourth-order valence-corrected chi connectivity index (χ4v) is 5.27. The summed E-state index contributed by atoms with van der Waals surface area (Å²) in [6.07, 6.45) is 7.81. The second-order valence-corrected chi connectivity index (χ2v) is 11.4. The Hall–Kier alpha value is -4.72. The van der Waals surface area contributed by atoms with Crippen LogP contribution in [0.3, 0.4) is 0 Å². The van der Waals surface area contributed by atoms with E-state index in [1.165, 1.54) is 23.3 Å². The third kappa shape index (κ3) is 13.7. The second-order valence-electron chi connectivity index (χ2n) is 11.4. The molecule has 0 radical (unpaired) electrons. The molecule has 0 aliphatic carbocycles. The molecule has 0 aliphatic heterocycles. The van der Waals surface area contributed by atoms with Gasteiger partial charge in [0.05, 0.1) is 26.4 Å². The SMILES string of the molecule is C.CCOc1ccc(CCCCc2ccc(OCC)c(OCC)c2)cc1OCC.Oc1ccc(CCCCc2ccc(O)c(O)c2)cc1O. The Balaban J connectivity index is 0.000000351. The van der Waals surface area contributed by atoms with Crippen molar-refractivity contribution in [1.29, 1.82) is 0 Å². The van der Waals surface area contributed by atoms with E-state index in [0.717, 1.165) is 85.5 Å². The number of ether oxygens (including phenoxy) is 4. The Morgan fingerprint density at radius 2 is 0.653 bits per heavy atom. The molecular formula is C41H56O8. The van der Waals surface area contributed by atoms with Crippen LogP contribution in [0.15, 0.2) is 72.8 Å². The number of aryl methyl sites for hydroxylation is 4. The van der Waals surface area contributed by atoms with Crippen LogP contribution in [0.1, 0.15) is 83.1 Å². The van der Waals surface area contributed by atoms with Gasteiger partial charge in [-0.25, -0.2) is 0 Å². The van der Waals surface area contributed by atoms with E-state index in [1.807, 2.05) is 39.8 Å². The van der Waals surface area contributed by atoms with Crippen LogP contribution >= 0.6 is 0 Å². The highest BCUT2D eigenvalue weighted by molar-refractivity contribution is 5.44. The highest BCUT2D eigenvalue weighted by Crippen LogP contribution is 2.31. The fraction of sp³-hybridized carbons (Fsp3) is 0.415. The van der Waals surface area contributed by atoms with E-state index in [2.05, 4.69) is 24.3 Å². The summed E-state index contributed by atoms with van der Waals surface area (Å²) in [5.41, 5.74) is 4.53. The molecule has 0 spiro atoms. The topological polar surface area (TPSA) is 118 Å². The first-order valence-electron chi connectivity index (χ1n) is 17.1. The van der Waals surface area contributed by atoms with Crippen molar-refractivity contribution in [2.45, 2.75) is 86.5 Å². The predicted octanol–water partition coefficient (Wildman–Crippen LogP) is 9.56. The van der Waals surface area contributed by atoms with E-state index < -0.39 is 0 Å². The lowest BCUT2D eigenvalue weighted by Gasteiger charge is -2.13. The van der Waals surface area contributed by atoms with E-state index in [-0.39, 0.29) is 30.4 Å². The molecule has 0 atom stereocenters. The third-order valence-corrected chi connectivity index (χ3v) is 7.66. The number of aromatic hydroxyl groups is 4. The molecule has 4 N–H and O–H groups in total. The van der Waals surface area contributed by atoms with Crippen molar-refractivity contribution in [3.8, 4) is 46.0 Å². The minimum atomic E-state index is -0.103. The monoisotopic (exact) mass is 676 g/mol. The minimum Gasteiger partial charge on any atom is -0.504 e. The number of hydrogen-bond donors (Lipinski definition) is 4. The van der Waals surface area contributed by atoms with Gasteiger partial charge in [-0.3, -0.25) is 0 Å². The van der Waals surface area contributed by atoms with Crippen molar-refractivity contribution in [2.75, 3.05) is 26.4 Å². The molecule has 8 heteroatoms. The molecule has 4 aromatic carbocycles. The summed E-state index contributed by atoms with van der Waals surface area (Å²) in [6, 6.07) is 22.2. The van der Waals surface area contributed by atoms with Gasteiger partial charge < -0.3 is 39.4 Å². The van der Waals surface area contributed by atoms with E-state index in [4.69, 9.17) is 18.9 Å². The zero-order chi connectivity index (χ0) is 34.7. The predicted molar refractivity (Wildman–Crippen MR) is 197 cm³/mol. The maximum absolute atomic E-state index is 9.39. The minimum absolute atomic E-state index is 0. The summed E-state index contributed by atoms with van der Waals surface area (Å²) in [6.45, 7) is 10.5. The highest BCUT2D eigenvalue weighted by atomic mass is 16.5. The molecule has 0 bridgehead atoms. The Morgan fingerprint density at radius 3 is 0.959 bits per heavy atom. The Kier molecular flexibility index (Phi) is 18.2. The molecule has 0 amide bonds. The van der Waals surface area contributed by atoms with Gasteiger partial charge in [-0.05, 0) is 150 Å². The lowest BCUT2D eigenvalue weighted by molar-refractivity contribution is 0.287. The van der Waals surface area contributed by atoms with Crippen molar-refractivity contribution in [3.05, 3.63) is 95.1 Å². The number of unbranched alkanes of at least 4 members (excludes halogenated alkanes) is 2. The molecule has 0 heterocycles. The summed E-state index contributed by atoms with van der Waals surface area (Å²) in [5.74, 6) is 2.94. The molecule has 0 saturated carbocycles. The average molecular weight is 677 g/mol. The van der Waals surface area contributed by atoms with E-state index >= 15 is 0 Å². The quantitative estimate of drug-likeness (QED) is 0.0608. The van der Waals surface area contributed by atoms with Gasteiger partial charge in [-0.1, -0.05) is 31.7 Å². The molecule has 8 nitrogen and oxygen atoms in total. The highest BCUT2D eigenvalue weighted by Gasteiger charge is 2.09. The van der Waals surface area contributed by atoms with Crippen LogP contribution in [0.2, 0.25) is 0 Å². The largest absolute Gasteiger partial charge is 0.504 e. The average Bonchev–Trinajstić information content (AvgIpc) is 3.07. The van der Waals surface area contributed by atoms with Crippen molar-refractivity contribution in [1.82, 2.24) is 0 Å². The van der Waals surface area contributed by atoms with Gasteiger partial charge in [0.15, 0.2) is 46.0 Å². The van der Waals surface area contributed by atoms with Gasteiger partial charge in [0.2, 0.25) is 0 Å².